The van der Waals surface area contributed by atoms with Crippen molar-refractivity contribution in [2.45, 2.75) is 13.3 Å². The van der Waals surface area contributed by atoms with Crippen LogP contribution in [-0.4, -0.2) is 46.2 Å². The van der Waals surface area contributed by atoms with Crippen molar-refractivity contribution in [2.75, 3.05) is 26.0 Å². The van der Waals surface area contributed by atoms with Crippen molar-refractivity contribution in [3.8, 4) is 10.6 Å². The molecule has 0 aliphatic rings. The Morgan fingerprint density at radius 2 is 1.97 bits per heavy atom. The van der Waals surface area contributed by atoms with E-state index in [-0.39, 0.29) is 5.91 Å². The van der Waals surface area contributed by atoms with Crippen molar-refractivity contribution in [1.82, 2.24) is 19.7 Å². The highest BCUT2D eigenvalue weighted by atomic mass is 32.1. The van der Waals surface area contributed by atoms with Gasteiger partial charge in [-0.15, -0.1) is 11.3 Å². The number of carbonyl (C=O) groups excluding carboxylic acids is 1. The smallest absolute Gasteiger partial charge is 0.256 e. The maximum atomic E-state index is 13.2. The first-order valence-corrected chi connectivity index (χ1v) is 10.7. The molecule has 4 aromatic rings. The van der Waals surface area contributed by atoms with Crippen LogP contribution in [0.5, 0.6) is 0 Å². The van der Waals surface area contributed by atoms with Crippen molar-refractivity contribution in [2.24, 2.45) is 7.05 Å². The van der Waals surface area contributed by atoms with Crippen molar-refractivity contribution in [1.29, 1.82) is 0 Å². The number of nitrogens with zero attached hydrogens (tertiary/aromatic N) is 4. The highest BCUT2D eigenvalue weighted by Crippen LogP contribution is 2.29. The van der Waals surface area contributed by atoms with Gasteiger partial charge in [0.05, 0.1) is 27.2 Å². The van der Waals surface area contributed by atoms with Gasteiger partial charge in [0.25, 0.3) is 5.91 Å². The number of benzene rings is 1. The van der Waals surface area contributed by atoms with E-state index in [4.69, 9.17) is 4.98 Å². The second-order valence-electron chi connectivity index (χ2n) is 7.64. The lowest BCUT2D eigenvalue weighted by Crippen LogP contribution is -2.15. The average Bonchev–Trinajstić information content (AvgIpc) is 3.35. The maximum absolute atomic E-state index is 13.2. The van der Waals surface area contributed by atoms with Gasteiger partial charge in [-0.3, -0.25) is 9.48 Å². The van der Waals surface area contributed by atoms with Crippen molar-refractivity contribution < 1.29 is 4.79 Å². The number of anilines is 1. The Hall–Kier alpha value is -3.03. The molecule has 0 radical (unpaired) electrons. The van der Waals surface area contributed by atoms with Crippen LogP contribution in [0.2, 0.25) is 0 Å². The number of hydrogen-bond acceptors (Lipinski definition) is 5. The molecule has 0 atom stereocenters. The number of rotatable bonds is 6. The Bertz CT molecular complexity index is 1180. The summed E-state index contributed by atoms with van der Waals surface area (Å²) in [6.07, 6.45) is 0.977. The number of pyridine rings is 1. The number of likely N-dealkylation sites (N-methyl/N-ethyl adjacent to an activating group) is 1. The summed E-state index contributed by atoms with van der Waals surface area (Å²) in [5.74, 6) is -0.155. The minimum atomic E-state index is -0.155. The molecule has 154 valence electrons. The number of nitrogens with one attached hydrogen (secondary N) is 1. The molecule has 3 heterocycles. The summed E-state index contributed by atoms with van der Waals surface area (Å²) in [5, 5.41) is 10.3. The Morgan fingerprint density at radius 3 is 2.63 bits per heavy atom. The Morgan fingerprint density at radius 1 is 1.20 bits per heavy atom. The largest absolute Gasteiger partial charge is 0.322 e. The van der Waals surface area contributed by atoms with Crippen LogP contribution in [-0.2, 0) is 13.5 Å². The molecule has 0 fully saturated rings. The van der Waals surface area contributed by atoms with E-state index in [0.29, 0.717) is 11.2 Å². The van der Waals surface area contributed by atoms with Gasteiger partial charge < -0.3 is 10.2 Å². The van der Waals surface area contributed by atoms with Crippen LogP contribution in [0, 0.1) is 6.92 Å². The Kier molecular flexibility index (Phi) is 5.65. The van der Waals surface area contributed by atoms with E-state index in [1.807, 2.05) is 49.7 Å². The normalized spacial score (nSPS) is 11.4. The van der Waals surface area contributed by atoms with Crippen LogP contribution in [0.4, 0.5) is 5.69 Å². The van der Waals surface area contributed by atoms with Gasteiger partial charge in [-0.05, 0) is 62.6 Å². The predicted molar refractivity (Wildman–Crippen MR) is 123 cm³/mol. The first-order valence-electron chi connectivity index (χ1n) is 9.85. The van der Waals surface area contributed by atoms with E-state index < -0.39 is 0 Å². The molecular weight excluding hydrogens is 394 g/mol. The molecule has 0 saturated heterocycles. The van der Waals surface area contributed by atoms with Crippen LogP contribution in [0.15, 0.2) is 47.8 Å². The molecule has 0 saturated carbocycles. The molecule has 0 aliphatic carbocycles. The van der Waals surface area contributed by atoms with Gasteiger partial charge >= 0.3 is 0 Å². The second-order valence-corrected chi connectivity index (χ2v) is 8.59. The summed E-state index contributed by atoms with van der Waals surface area (Å²) < 4.78 is 1.73. The highest BCUT2D eigenvalue weighted by Gasteiger charge is 2.19. The number of amides is 1. The zero-order valence-corrected chi connectivity index (χ0v) is 18.5. The molecule has 0 spiro atoms. The topological polar surface area (TPSA) is 63.1 Å². The van der Waals surface area contributed by atoms with Gasteiger partial charge in [0.15, 0.2) is 5.65 Å². The number of aryl methyl sites for hydroxylation is 2. The SMILES string of the molecule is Cc1nn(C)c2nc(-c3cccs3)cc(C(=O)Nc3ccc(CCN(C)C)cc3)c12. The molecule has 1 aromatic carbocycles. The zero-order valence-electron chi connectivity index (χ0n) is 17.6. The van der Waals surface area contributed by atoms with E-state index in [2.05, 4.69) is 41.5 Å². The van der Waals surface area contributed by atoms with Crippen LogP contribution >= 0.6 is 11.3 Å². The summed E-state index contributed by atoms with van der Waals surface area (Å²) in [6.45, 7) is 2.90. The third-order valence-corrected chi connectivity index (χ3v) is 5.94. The summed E-state index contributed by atoms with van der Waals surface area (Å²) in [4.78, 5) is 21.2. The van der Waals surface area contributed by atoms with Gasteiger partial charge in [-0.1, -0.05) is 18.2 Å². The molecular formula is C23H25N5OS. The zero-order chi connectivity index (χ0) is 21.3. The number of aromatic nitrogens is 3. The number of thiophene rings is 1. The summed E-state index contributed by atoms with van der Waals surface area (Å²) in [6, 6.07) is 13.9. The average molecular weight is 420 g/mol. The van der Waals surface area contributed by atoms with E-state index in [1.165, 1.54) is 5.56 Å². The standard InChI is InChI=1S/C23H25N5OS/c1-15-21-18(14-19(20-6-5-13-30-20)25-22(21)28(4)26-15)23(29)24-17-9-7-16(8-10-17)11-12-27(2)3/h5-10,13-14H,11-12H2,1-4H3,(H,24,29). The van der Waals surface area contributed by atoms with E-state index in [9.17, 15) is 4.79 Å². The Balaban J connectivity index is 1.66. The molecule has 0 bridgehead atoms. The van der Waals surface area contributed by atoms with Gasteiger partial charge in [-0.2, -0.15) is 5.10 Å². The van der Waals surface area contributed by atoms with Crippen LogP contribution in [0.1, 0.15) is 21.6 Å². The predicted octanol–water partition coefficient (Wildman–Crippen LogP) is 4.36. The minimum Gasteiger partial charge on any atom is -0.322 e. The first kappa shape index (κ1) is 20.3. The lowest BCUT2D eigenvalue weighted by atomic mass is 10.1. The summed E-state index contributed by atoms with van der Waals surface area (Å²) in [7, 11) is 5.98. The van der Waals surface area contributed by atoms with E-state index in [0.717, 1.165) is 40.3 Å². The minimum absolute atomic E-state index is 0.155. The van der Waals surface area contributed by atoms with Gasteiger partial charge in [0.2, 0.25) is 0 Å². The monoisotopic (exact) mass is 419 g/mol. The van der Waals surface area contributed by atoms with Gasteiger partial charge in [0.1, 0.15) is 0 Å². The maximum Gasteiger partial charge on any atom is 0.256 e. The summed E-state index contributed by atoms with van der Waals surface area (Å²) >= 11 is 1.60. The van der Waals surface area contributed by atoms with Crippen LogP contribution < -0.4 is 5.32 Å². The lowest BCUT2D eigenvalue weighted by Gasteiger charge is -2.11. The number of fused-ring (bicyclic) bond motifs is 1. The molecule has 30 heavy (non-hydrogen) atoms. The molecule has 1 N–H and O–H groups in total. The fourth-order valence-electron chi connectivity index (χ4n) is 3.48. The molecule has 0 aliphatic heterocycles. The first-order chi connectivity index (χ1) is 14.4. The number of hydrogen-bond donors (Lipinski definition) is 1. The second kappa shape index (κ2) is 8.38. The van der Waals surface area contributed by atoms with Gasteiger partial charge in [-0.25, -0.2) is 4.98 Å². The van der Waals surface area contributed by atoms with Crippen molar-refractivity contribution in [3.63, 3.8) is 0 Å². The summed E-state index contributed by atoms with van der Waals surface area (Å²) in [5.41, 5.74) is 4.90. The number of carbonyl (C=O) groups is 1. The fraction of sp³-hybridized carbons (Fsp3) is 0.261. The van der Waals surface area contributed by atoms with E-state index >= 15 is 0 Å². The quantitative estimate of drug-likeness (QED) is 0.504. The molecule has 1 amide bonds. The van der Waals surface area contributed by atoms with Gasteiger partial charge in [0, 0.05) is 19.3 Å². The van der Waals surface area contributed by atoms with Crippen LogP contribution in [0.25, 0.3) is 21.6 Å². The van der Waals surface area contributed by atoms with Crippen molar-refractivity contribution in [3.05, 3.63) is 64.7 Å². The van der Waals surface area contributed by atoms with Crippen LogP contribution in [0.3, 0.4) is 0 Å². The molecule has 6 nitrogen and oxygen atoms in total. The highest BCUT2D eigenvalue weighted by molar-refractivity contribution is 7.13. The molecule has 3 aromatic heterocycles. The lowest BCUT2D eigenvalue weighted by molar-refractivity contribution is 0.102. The Labute approximate surface area is 180 Å². The molecule has 4 rings (SSSR count). The fourth-order valence-corrected chi connectivity index (χ4v) is 4.17. The third-order valence-electron chi connectivity index (χ3n) is 5.05. The molecule has 7 heteroatoms. The third kappa shape index (κ3) is 4.13. The van der Waals surface area contributed by atoms with Crippen molar-refractivity contribution >= 4 is 34.0 Å². The molecule has 0 unspecified atom stereocenters. The van der Waals surface area contributed by atoms with E-state index in [1.54, 1.807) is 16.0 Å².